The van der Waals surface area contributed by atoms with Gasteiger partial charge in [0.05, 0.1) is 12.2 Å². The molecule has 1 N–H and O–H groups in total. The van der Waals surface area contributed by atoms with Crippen molar-refractivity contribution in [2.24, 2.45) is 0 Å². The van der Waals surface area contributed by atoms with E-state index in [1.54, 1.807) is 6.07 Å². The van der Waals surface area contributed by atoms with Gasteiger partial charge in [-0.1, -0.05) is 22.9 Å². The first-order valence-corrected chi connectivity index (χ1v) is 6.42. The average molecular weight is 326 g/mol. The third-order valence-corrected chi connectivity index (χ3v) is 2.61. The van der Waals surface area contributed by atoms with Crippen LogP contribution in [0.4, 0.5) is 18.9 Å². The number of nitrogens with one attached hydrogen (secondary N) is 1. The quantitative estimate of drug-likeness (QED) is 0.787. The van der Waals surface area contributed by atoms with E-state index >= 15 is 0 Å². The van der Waals surface area contributed by atoms with Crippen LogP contribution in [0.15, 0.2) is 22.7 Å². The van der Waals surface area contributed by atoms with Crippen molar-refractivity contribution in [2.75, 3.05) is 25.1 Å². The van der Waals surface area contributed by atoms with Crippen molar-refractivity contribution >= 4 is 21.6 Å². The van der Waals surface area contributed by atoms with Gasteiger partial charge in [-0.3, -0.25) is 0 Å². The molecule has 102 valence electrons. The predicted octanol–water partition coefficient (Wildman–Crippen LogP) is 4.31. The molecule has 0 unspecified atom stereocenters. The zero-order valence-electron chi connectivity index (χ0n) is 9.98. The standard InChI is InChI=1S/C12H15BrF3NO/c1-2-4-18-5-3-17-11-7-9(12(14,15)16)6-10(13)8-11/h6-8,17H,2-5H2,1H3. The highest BCUT2D eigenvalue weighted by molar-refractivity contribution is 9.10. The molecule has 0 aliphatic heterocycles. The summed E-state index contributed by atoms with van der Waals surface area (Å²) in [5.41, 5.74) is -0.245. The number of halogens is 4. The maximum atomic E-state index is 12.6. The second-order valence-electron chi connectivity index (χ2n) is 3.77. The topological polar surface area (TPSA) is 21.3 Å². The molecule has 1 rings (SSSR count). The molecular weight excluding hydrogens is 311 g/mol. The smallest absolute Gasteiger partial charge is 0.383 e. The molecule has 1 aromatic carbocycles. The van der Waals surface area contributed by atoms with Crippen LogP contribution >= 0.6 is 15.9 Å². The van der Waals surface area contributed by atoms with Gasteiger partial charge >= 0.3 is 6.18 Å². The average Bonchev–Trinajstić information content (AvgIpc) is 2.27. The van der Waals surface area contributed by atoms with E-state index in [0.717, 1.165) is 18.6 Å². The number of benzene rings is 1. The second kappa shape index (κ2) is 6.99. The van der Waals surface area contributed by atoms with Crippen LogP contribution in [0.5, 0.6) is 0 Å². The van der Waals surface area contributed by atoms with Crippen LogP contribution < -0.4 is 5.32 Å². The highest BCUT2D eigenvalue weighted by atomic mass is 79.9. The van der Waals surface area contributed by atoms with Crippen LogP contribution in [-0.4, -0.2) is 19.8 Å². The van der Waals surface area contributed by atoms with Crippen molar-refractivity contribution < 1.29 is 17.9 Å². The number of hydrogen-bond acceptors (Lipinski definition) is 2. The van der Waals surface area contributed by atoms with E-state index < -0.39 is 11.7 Å². The minimum absolute atomic E-state index is 0.398. The molecule has 0 amide bonds. The maximum Gasteiger partial charge on any atom is 0.416 e. The van der Waals surface area contributed by atoms with Crippen LogP contribution in [0.1, 0.15) is 18.9 Å². The monoisotopic (exact) mass is 325 g/mol. The van der Waals surface area contributed by atoms with Gasteiger partial charge in [0.2, 0.25) is 0 Å². The molecule has 6 heteroatoms. The normalized spacial score (nSPS) is 11.6. The summed E-state index contributed by atoms with van der Waals surface area (Å²) in [5.74, 6) is 0. The van der Waals surface area contributed by atoms with Crippen molar-refractivity contribution in [3.05, 3.63) is 28.2 Å². The Morgan fingerprint density at radius 1 is 1.22 bits per heavy atom. The van der Waals surface area contributed by atoms with Crippen molar-refractivity contribution in [1.82, 2.24) is 0 Å². The first-order valence-electron chi connectivity index (χ1n) is 5.63. The molecule has 0 heterocycles. The summed E-state index contributed by atoms with van der Waals surface area (Å²) in [6.07, 6.45) is -3.41. The Morgan fingerprint density at radius 3 is 2.56 bits per heavy atom. The Labute approximate surface area is 113 Å². The fraction of sp³-hybridized carbons (Fsp3) is 0.500. The first-order chi connectivity index (χ1) is 8.43. The summed E-state index contributed by atoms with van der Waals surface area (Å²) in [6.45, 7) is 3.61. The molecule has 2 nitrogen and oxygen atoms in total. The summed E-state index contributed by atoms with van der Waals surface area (Å²) >= 11 is 3.07. The fourth-order valence-electron chi connectivity index (χ4n) is 1.37. The van der Waals surface area contributed by atoms with E-state index in [9.17, 15) is 13.2 Å². The number of anilines is 1. The van der Waals surface area contributed by atoms with Crippen LogP contribution in [0.2, 0.25) is 0 Å². The second-order valence-corrected chi connectivity index (χ2v) is 4.68. The predicted molar refractivity (Wildman–Crippen MR) is 68.7 cm³/mol. The van der Waals surface area contributed by atoms with E-state index in [4.69, 9.17) is 4.74 Å². The summed E-state index contributed by atoms with van der Waals surface area (Å²) < 4.78 is 43.3. The first kappa shape index (κ1) is 15.3. The number of hydrogen-bond donors (Lipinski definition) is 1. The summed E-state index contributed by atoms with van der Waals surface area (Å²) in [4.78, 5) is 0. The SMILES string of the molecule is CCCOCCNc1cc(Br)cc(C(F)(F)F)c1. The van der Waals surface area contributed by atoms with E-state index in [1.165, 1.54) is 0 Å². The molecule has 0 bridgehead atoms. The van der Waals surface area contributed by atoms with Crippen LogP contribution in [0, 0.1) is 0 Å². The molecule has 0 aromatic heterocycles. The molecule has 0 saturated heterocycles. The van der Waals surface area contributed by atoms with E-state index in [1.807, 2.05) is 6.92 Å². The molecule has 18 heavy (non-hydrogen) atoms. The van der Waals surface area contributed by atoms with Gasteiger partial charge in [-0.15, -0.1) is 0 Å². The van der Waals surface area contributed by atoms with Gasteiger partial charge in [0, 0.05) is 23.3 Å². The molecule has 0 atom stereocenters. The zero-order valence-corrected chi connectivity index (χ0v) is 11.6. The summed E-state index contributed by atoms with van der Waals surface area (Å²) in [5, 5.41) is 2.90. The van der Waals surface area contributed by atoms with Gasteiger partial charge in [0.25, 0.3) is 0 Å². The van der Waals surface area contributed by atoms with Gasteiger partial charge in [-0.25, -0.2) is 0 Å². The van der Waals surface area contributed by atoms with E-state index in [-0.39, 0.29) is 0 Å². The Hall–Kier alpha value is -0.750. The molecule has 1 aromatic rings. The Balaban J connectivity index is 2.58. The fourth-order valence-corrected chi connectivity index (χ4v) is 1.86. The van der Waals surface area contributed by atoms with Gasteiger partial charge in [-0.2, -0.15) is 13.2 Å². The molecule has 0 spiro atoms. The molecule has 0 aliphatic rings. The lowest BCUT2D eigenvalue weighted by molar-refractivity contribution is -0.137. The highest BCUT2D eigenvalue weighted by Crippen LogP contribution is 2.33. The van der Waals surface area contributed by atoms with Gasteiger partial charge < -0.3 is 10.1 Å². The third kappa shape index (κ3) is 5.27. The van der Waals surface area contributed by atoms with Crippen molar-refractivity contribution in [2.45, 2.75) is 19.5 Å². The molecule has 0 fully saturated rings. The molecule has 0 radical (unpaired) electrons. The van der Waals surface area contributed by atoms with Crippen molar-refractivity contribution in [1.29, 1.82) is 0 Å². The minimum atomic E-state index is -4.33. The minimum Gasteiger partial charge on any atom is -0.383 e. The zero-order chi connectivity index (χ0) is 13.6. The lowest BCUT2D eigenvalue weighted by atomic mass is 10.2. The Kier molecular flexibility index (Phi) is 5.95. The van der Waals surface area contributed by atoms with Crippen molar-refractivity contribution in [3.63, 3.8) is 0 Å². The Bertz CT molecular complexity index is 382. The van der Waals surface area contributed by atoms with Crippen LogP contribution in [0.3, 0.4) is 0 Å². The van der Waals surface area contributed by atoms with Crippen molar-refractivity contribution in [3.8, 4) is 0 Å². The summed E-state index contributed by atoms with van der Waals surface area (Å²) in [7, 11) is 0. The number of rotatable bonds is 6. The maximum absolute atomic E-state index is 12.6. The largest absolute Gasteiger partial charge is 0.416 e. The number of ether oxygens (including phenoxy) is 1. The molecule has 0 aliphatic carbocycles. The van der Waals surface area contributed by atoms with Gasteiger partial charge in [0.1, 0.15) is 0 Å². The van der Waals surface area contributed by atoms with Gasteiger partial charge in [-0.05, 0) is 24.6 Å². The van der Waals surface area contributed by atoms with Crippen LogP contribution in [-0.2, 0) is 10.9 Å². The number of alkyl halides is 3. The van der Waals surface area contributed by atoms with E-state index in [0.29, 0.717) is 29.9 Å². The summed E-state index contributed by atoms with van der Waals surface area (Å²) in [6, 6.07) is 3.75. The molecule has 0 saturated carbocycles. The highest BCUT2D eigenvalue weighted by Gasteiger charge is 2.31. The van der Waals surface area contributed by atoms with E-state index in [2.05, 4.69) is 21.2 Å². The lowest BCUT2D eigenvalue weighted by Crippen LogP contribution is -2.11. The van der Waals surface area contributed by atoms with Gasteiger partial charge in [0.15, 0.2) is 0 Å². The lowest BCUT2D eigenvalue weighted by Gasteiger charge is -2.11. The Morgan fingerprint density at radius 2 is 1.94 bits per heavy atom. The third-order valence-electron chi connectivity index (χ3n) is 2.15. The van der Waals surface area contributed by atoms with Crippen LogP contribution in [0.25, 0.3) is 0 Å². The molecular formula is C12H15BrF3NO.